The minimum atomic E-state index is 0.624. The first-order chi connectivity index (χ1) is 9.76. The molecule has 1 atom stereocenters. The topological polar surface area (TPSA) is 51.0 Å². The Labute approximate surface area is 123 Å². The molecule has 20 heavy (non-hydrogen) atoms. The van der Waals surface area contributed by atoms with E-state index in [1.54, 1.807) is 0 Å². The van der Waals surface area contributed by atoms with Gasteiger partial charge in [0.2, 0.25) is 0 Å². The molecule has 1 aromatic heterocycles. The van der Waals surface area contributed by atoms with Crippen LogP contribution in [0, 0.1) is 0 Å². The van der Waals surface area contributed by atoms with E-state index < -0.39 is 0 Å². The zero-order chi connectivity index (χ0) is 13.9. The van der Waals surface area contributed by atoms with Crippen molar-refractivity contribution >= 4 is 11.8 Å². The summed E-state index contributed by atoms with van der Waals surface area (Å²) in [6.07, 6.45) is 1.16. The molecule has 1 unspecified atom stereocenters. The molecule has 106 valence electrons. The molecule has 0 bridgehead atoms. The number of hydrogen-bond acceptors (Lipinski definition) is 5. The van der Waals surface area contributed by atoms with E-state index in [-0.39, 0.29) is 0 Å². The highest BCUT2D eigenvalue weighted by atomic mass is 32.2. The van der Waals surface area contributed by atoms with E-state index in [0.717, 1.165) is 36.7 Å². The Balaban J connectivity index is 1.73. The van der Waals surface area contributed by atoms with Crippen LogP contribution < -0.4 is 5.32 Å². The predicted molar refractivity (Wildman–Crippen MR) is 81.3 cm³/mol. The van der Waals surface area contributed by atoms with Crippen molar-refractivity contribution in [3.05, 3.63) is 35.2 Å². The zero-order valence-corrected chi connectivity index (χ0v) is 12.7. The van der Waals surface area contributed by atoms with Crippen LogP contribution in [0.15, 0.2) is 22.7 Å². The van der Waals surface area contributed by atoms with Crippen LogP contribution in [0.3, 0.4) is 0 Å². The molecular formula is C15H19N3OS. The molecule has 0 saturated heterocycles. The number of nitrogens with one attached hydrogen (secondary N) is 1. The van der Waals surface area contributed by atoms with Crippen LogP contribution in [0.1, 0.15) is 37.2 Å². The molecule has 0 radical (unpaired) electrons. The lowest BCUT2D eigenvalue weighted by Crippen LogP contribution is -1.99. The van der Waals surface area contributed by atoms with Crippen LogP contribution in [-0.2, 0) is 18.8 Å². The monoisotopic (exact) mass is 289 g/mol. The number of thioether (sulfide) groups is 1. The van der Waals surface area contributed by atoms with Crippen LogP contribution in [0.2, 0.25) is 0 Å². The van der Waals surface area contributed by atoms with Crippen molar-refractivity contribution < 1.29 is 4.52 Å². The van der Waals surface area contributed by atoms with Crippen LogP contribution in [0.4, 0.5) is 0 Å². The Morgan fingerprint density at radius 2 is 2.20 bits per heavy atom. The van der Waals surface area contributed by atoms with Crippen molar-refractivity contribution in [2.75, 3.05) is 0 Å². The van der Waals surface area contributed by atoms with E-state index in [1.165, 1.54) is 11.1 Å². The largest absolute Gasteiger partial charge is 0.334 e. The fraction of sp³-hybridized carbons (Fsp3) is 0.467. The highest BCUT2D eigenvalue weighted by Crippen LogP contribution is 2.25. The average molecular weight is 289 g/mol. The second-order valence-electron chi connectivity index (χ2n) is 5.13. The first kappa shape index (κ1) is 13.6. The van der Waals surface area contributed by atoms with Gasteiger partial charge < -0.3 is 9.84 Å². The first-order valence-electron chi connectivity index (χ1n) is 7.03. The van der Waals surface area contributed by atoms with Crippen molar-refractivity contribution in [3.63, 3.8) is 0 Å². The number of rotatable bonds is 5. The summed E-state index contributed by atoms with van der Waals surface area (Å²) in [6.45, 7) is 6.29. The van der Waals surface area contributed by atoms with Gasteiger partial charge in [0.05, 0.1) is 5.75 Å². The van der Waals surface area contributed by atoms with Crippen LogP contribution in [0.5, 0.6) is 0 Å². The maximum atomic E-state index is 5.38. The van der Waals surface area contributed by atoms with E-state index in [4.69, 9.17) is 4.52 Å². The molecule has 1 aliphatic rings. The van der Waals surface area contributed by atoms with Gasteiger partial charge in [-0.3, -0.25) is 0 Å². The molecule has 3 rings (SSSR count). The number of nitrogens with zero attached hydrogens (tertiary/aromatic N) is 2. The Hall–Kier alpha value is -1.33. The molecule has 2 heterocycles. The fourth-order valence-electron chi connectivity index (χ4n) is 2.19. The second kappa shape index (κ2) is 5.97. The van der Waals surface area contributed by atoms with Crippen LogP contribution in [0.25, 0.3) is 11.5 Å². The van der Waals surface area contributed by atoms with Gasteiger partial charge in [-0.25, -0.2) is 0 Å². The van der Waals surface area contributed by atoms with Gasteiger partial charge in [-0.05, 0) is 29.7 Å². The number of hydrogen-bond donors (Lipinski definition) is 1. The van der Waals surface area contributed by atoms with Gasteiger partial charge >= 0.3 is 0 Å². The Bertz CT molecular complexity index is 597. The molecule has 2 aromatic rings. The molecule has 0 amide bonds. The molecular weight excluding hydrogens is 270 g/mol. The summed E-state index contributed by atoms with van der Waals surface area (Å²) in [5.41, 5.74) is 3.71. The highest BCUT2D eigenvalue weighted by molar-refractivity contribution is 7.99. The van der Waals surface area contributed by atoms with Crippen molar-refractivity contribution in [3.8, 4) is 11.5 Å². The van der Waals surface area contributed by atoms with Crippen molar-refractivity contribution in [1.82, 2.24) is 15.5 Å². The number of benzene rings is 1. The third-order valence-electron chi connectivity index (χ3n) is 3.62. The predicted octanol–water partition coefficient (Wildman–Crippen LogP) is 3.37. The maximum absolute atomic E-state index is 5.38. The summed E-state index contributed by atoms with van der Waals surface area (Å²) in [6, 6.07) is 6.35. The number of fused-ring (bicyclic) bond motifs is 1. The third kappa shape index (κ3) is 2.88. The van der Waals surface area contributed by atoms with E-state index in [1.807, 2.05) is 11.8 Å². The molecule has 1 N–H and O–H groups in total. The van der Waals surface area contributed by atoms with E-state index in [9.17, 15) is 0 Å². The van der Waals surface area contributed by atoms with Crippen LogP contribution in [-0.4, -0.2) is 15.4 Å². The van der Waals surface area contributed by atoms with E-state index >= 15 is 0 Å². The summed E-state index contributed by atoms with van der Waals surface area (Å²) >= 11 is 1.86. The van der Waals surface area contributed by atoms with Gasteiger partial charge in [0.25, 0.3) is 5.89 Å². The van der Waals surface area contributed by atoms with E-state index in [2.05, 4.69) is 47.5 Å². The lowest BCUT2D eigenvalue weighted by Gasteiger charge is -2.04. The summed E-state index contributed by atoms with van der Waals surface area (Å²) < 4.78 is 5.38. The first-order valence-corrected chi connectivity index (χ1v) is 8.08. The van der Waals surface area contributed by atoms with Crippen molar-refractivity contribution in [1.29, 1.82) is 0 Å². The molecule has 1 aliphatic heterocycles. The quantitative estimate of drug-likeness (QED) is 0.914. The lowest BCUT2D eigenvalue weighted by atomic mass is 10.1. The minimum absolute atomic E-state index is 0.624. The van der Waals surface area contributed by atoms with Gasteiger partial charge in [0, 0.05) is 23.9 Å². The van der Waals surface area contributed by atoms with Crippen LogP contribution >= 0.6 is 11.8 Å². The van der Waals surface area contributed by atoms with E-state index in [0.29, 0.717) is 11.1 Å². The summed E-state index contributed by atoms with van der Waals surface area (Å²) in [7, 11) is 0. The fourth-order valence-corrected chi connectivity index (χ4v) is 2.98. The van der Waals surface area contributed by atoms with Gasteiger partial charge in [-0.1, -0.05) is 25.1 Å². The minimum Gasteiger partial charge on any atom is -0.334 e. The van der Waals surface area contributed by atoms with Crippen molar-refractivity contribution in [2.24, 2.45) is 0 Å². The summed E-state index contributed by atoms with van der Waals surface area (Å²) in [5.74, 6) is 2.22. The van der Waals surface area contributed by atoms with Gasteiger partial charge in [0.1, 0.15) is 0 Å². The summed E-state index contributed by atoms with van der Waals surface area (Å²) in [4.78, 5) is 4.49. The molecule has 5 heteroatoms. The molecule has 0 fully saturated rings. The Kier molecular flexibility index (Phi) is 4.08. The third-order valence-corrected chi connectivity index (χ3v) is 4.95. The SMILES string of the molecule is CCC(C)SCc1noc(-c2ccc3c(c2)CNC3)n1. The molecule has 1 aromatic carbocycles. The molecule has 0 spiro atoms. The molecule has 4 nitrogen and oxygen atoms in total. The molecule has 0 aliphatic carbocycles. The second-order valence-corrected chi connectivity index (χ2v) is 6.56. The Morgan fingerprint density at radius 1 is 1.35 bits per heavy atom. The van der Waals surface area contributed by atoms with Gasteiger partial charge in [0.15, 0.2) is 5.82 Å². The Morgan fingerprint density at radius 3 is 3.05 bits per heavy atom. The van der Waals surface area contributed by atoms with Gasteiger partial charge in [-0.2, -0.15) is 16.7 Å². The standard InChI is InChI=1S/C15H19N3OS/c1-3-10(2)20-9-14-17-15(19-18-14)11-4-5-12-7-16-8-13(12)6-11/h4-6,10,16H,3,7-9H2,1-2H3. The summed E-state index contributed by atoms with van der Waals surface area (Å²) in [5, 5.41) is 8.04. The van der Waals surface area contributed by atoms with Gasteiger partial charge in [-0.15, -0.1) is 0 Å². The normalized spacial score (nSPS) is 15.3. The molecule has 0 saturated carbocycles. The lowest BCUT2D eigenvalue weighted by molar-refractivity contribution is 0.425. The number of aromatic nitrogens is 2. The average Bonchev–Trinajstić information content (AvgIpc) is 3.12. The maximum Gasteiger partial charge on any atom is 0.257 e. The van der Waals surface area contributed by atoms with Crippen molar-refractivity contribution in [2.45, 2.75) is 44.4 Å². The highest BCUT2D eigenvalue weighted by Gasteiger charge is 2.14. The smallest absolute Gasteiger partial charge is 0.257 e. The zero-order valence-electron chi connectivity index (χ0n) is 11.8.